The number of benzene rings is 8. The van der Waals surface area contributed by atoms with Crippen molar-refractivity contribution in [2.75, 3.05) is 6.54 Å². The number of hydrogen-bond acceptors (Lipinski definition) is 1. The Labute approximate surface area is 465 Å². The van der Waals surface area contributed by atoms with Crippen molar-refractivity contribution < 1.29 is 0 Å². The number of rotatable bonds is 14. The first-order chi connectivity index (χ1) is 38.4. The van der Waals surface area contributed by atoms with Crippen molar-refractivity contribution in [1.29, 1.82) is 0 Å². The molecule has 0 saturated heterocycles. The van der Waals surface area contributed by atoms with Gasteiger partial charge in [0.2, 0.25) is 0 Å². The molecule has 0 saturated carbocycles. The van der Waals surface area contributed by atoms with Crippen molar-refractivity contribution in [3.8, 4) is 56.9 Å². The lowest BCUT2D eigenvalue weighted by molar-refractivity contribution is 0.761. The van der Waals surface area contributed by atoms with E-state index < -0.39 is 0 Å². The molecule has 0 bridgehead atoms. The fourth-order valence-electron chi connectivity index (χ4n) is 9.91. The fourth-order valence-corrected chi connectivity index (χ4v) is 9.91. The number of aliphatic imine (C=N–C) groups is 2. The topological polar surface area (TPSA) is 24.7 Å². The Balaban J connectivity index is 0.00000155. The third-order valence-electron chi connectivity index (χ3n) is 13.8. The molecule has 10 rings (SSSR count). The molecular formula is C76H70N2. The van der Waals surface area contributed by atoms with Crippen LogP contribution in [-0.2, 0) is 0 Å². The van der Waals surface area contributed by atoms with Crippen LogP contribution < -0.4 is 0 Å². The number of terminal acetylenes is 1. The number of allylic oxidation sites excluding steroid dienone is 12. The third kappa shape index (κ3) is 14.2. The van der Waals surface area contributed by atoms with E-state index in [0.717, 1.165) is 63.9 Å². The lowest BCUT2D eigenvalue weighted by atomic mass is 9.81. The van der Waals surface area contributed by atoms with Crippen LogP contribution in [0.3, 0.4) is 0 Å². The van der Waals surface area contributed by atoms with Gasteiger partial charge in [-0.25, -0.2) is 4.99 Å². The average molecular weight is 1010 g/mol. The third-order valence-corrected chi connectivity index (χ3v) is 13.8. The standard InChI is InChI=1S/C71H60N2.C3H4.C2H6/c1-4-5-24-58(59-35-23-36-60(43-59)66-46-62(54-27-13-7-14-28-54)44-63(47-66)55-29-15-8-16-30-55)41-42-72-71(73-52(3)53-25-11-6-12-26-53)69-38-22-21-37-68(69)61-40-39-51(2)70(50-61)67-48-64(56-31-17-9-18-32-56)45-65(49-67)57-33-19-10-20-34-57;1-3-2;1-2/h4-9,11-19,21-38,40-41,43-51H,1,10,20,39,42H2,2-3H3;1H,2H3;1-2H3/b24-5-,58-41-,72-71?,73-52?;;. The number of nitrogens with zero attached hydrogens (tertiary/aromatic N) is 2. The Morgan fingerprint density at radius 3 is 1.68 bits per heavy atom. The molecule has 0 aromatic heterocycles. The first kappa shape index (κ1) is 55.1. The molecule has 0 spiro atoms. The Hall–Kier alpha value is -9.16. The van der Waals surface area contributed by atoms with Crippen molar-refractivity contribution in [2.45, 2.75) is 53.9 Å². The van der Waals surface area contributed by atoms with Crippen LogP contribution in [0.1, 0.15) is 87.3 Å². The summed E-state index contributed by atoms with van der Waals surface area (Å²) in [5.74, 6) is 3.28. The van der Waals surface area contributed by atoms with E-state index in [2.05, 4.69) is 275 Å². The van der Waals surface area contributed by atoms with Crippen LogP contribution in [0.25, 0.3) is 66.8 Å². The van der Waals surface area contributed by atoms with E-state index in [0.29, 0.717) is 18.3 Å². The van der Waals surface area contributed by atoms with Gasteiger partial charge in [0, 0.05) is 11.3 Å². The lowest BCUT2D eigenvalue weighted by Gasteiger charge is -2.24. The van der Waals surface area contributed by atoms with E-state index in [1.807, 2.05) is 32.1 Å². The molecule has 0 N–H and O–H groups in total. The Bertz CT molecular complexity index is 3550. The Morgan fingerprint density at radius 1 is 0.577 bits per heavy atom. The van der Waals surface area contributed by atoms with Gasteiger partial charge in [-0.15, -0.1) is 12.3 Å². The highest BCUT2D eigenvalue weighted by atomic mass is 14.9. The fraction of sp³-hybridized carbons (Fsp3) is 0.132. The number of amidine groups is 1. The zero-order valence-electron chi connectivity index (χ0n) is 45.9. The van der Waals surface area contributed by atoms with E-state index in [1.165, 1.54) is 61.2 Å². The van der Waals surface area contributed by atoms with Gasteiger partial charge in [-0.2, -0.15) is 0 Å². The molecule has 8 aromatic carbocycles. The zero-order chi connectivity index (χ0) is 54.5. The summed E-state index contributed by atoms with van der Waals surface area (Å²) in [6, 6.07) is 74.0. The second-order valence-corrected chi connectivity index (χ2v) is 19.1. The van der Waals surface area contributed by atoms with Crippen LogP contribution in [0.4, 0.5) is 0 Å². The second kappa shape index (κ2) is 28.1. The van der Waals surface area contributed by atoms with Gasteiger partial charge in [0.15, 0.2) is 5.84 Å². The smallest absolute Gasteiger partial charge is 0.155 e. The van der Waals surface area contributed by atoms with E-state index in [4.69, 9.17) is 9.98 Å². The molecule has 8 aromatic rings. The molecule has 0 heterocycles. The summed E-state index contributed by atoms with van der Waals surface area (Å²) in [6.07, 6.45) is 27.6. The molecule has 2 aliphatic carbocycles. The maximum atomic E-state index is 5.39. The van der Waals surface area contributed by atoms with Gasteiger partial charge in [-0.3, -0.25) is 4.99 Å². The molecule has 1 atom stereocenters. The summed E-state index contributed by atoms with van der Waals surface area (Å²) in [5.41, 5.74) is 22.0. The maximum absolute atomic E-state index is 5.39. The molecule has 0 radical (unpaired) electrons. The predicted octanol–water partition coefficient (Wildman–Crippen LogP) is 20.3. The summed E-state index contributed by atoms with van der Waals surface area (Å²) < 4.78 is 0. The zero-order valence-corrected chi connectivity index (χ0v) is 45.9. The van der Waals surface area contributed by atoms with Crippen molar-refractivity contribution >= 4 is 33.8 Å². The molecule has 384 valence electrons. The highest BCUT2D eigenvalue weighted by Crippen LogP contribution is 2.40. The van der Waals surface area contributed by atoms with Crippen LogP contribution >= 0.6 is 0 Å². The molecule has 1 unspecified atom stereocenters. The molecule has 2 nitrogen and oxygen atoms in total. The largest absolute Gasteiger partial charge is 0.262 e. The van der Waals surface area contributed by atoms with Gasteiger partial charge >= 0.3 is 0 Å². The maximum Gasteiger partial charge on any atom is 0.155 e. The van der Waals surface area contributed by atoms with Gasteiger partial charge in [0.05, 0.1) is 6.54 Å². The minimum Gasteiger partial charge on any atom is -0.262 e. The van der Waals surface area contributed by atoms with Crippen molar-refractivity contribution in [1.82, 2.24) is 0 Å². The van der Waals surface area contributed by atoms with Gasteiger partial charge in [0.1, 0.15) is 0 Å². The van der Waals surface area contributed by atoms with Crippen LogP contribution in [0.15, 0.2) is 278 Å². The molecule has 0 aliphatic heterocycles. The highest BCUT2D eigenvalue weighted by Gasteiger charge is 2.21. The first-order valence-corrected chi connectivity index (χ1v) is 27.4. The van der Waals surface area contributed by atoms with Crippen LogP contribution in [0, 0.1) is 18.3 Å². The second-order valence-electron chi connectivity index (χ2n) is 19.1. The summed E-state index contributed by atoms with van der Waals surface area (Å²) in [7, 11) is 0. The summed E-state index contributed by atoms with van der Waals surface area (Å²) in [5, 5.41) is 0. The van der Waals surface area contributed by atoms with Crippen molar-refractivity contribution in [2.24, 2.45) is 15.9 Å². The average Bonchev–Trinajstić information content (AvgIpc) is 3.58. The van der Waals surface area contributed by atoms with Crippen molar-refractivity contribution in [3.63, 3.8) is 0 Å². The van der Waals surface area contributed by atoms with Crippen LogP contribution in [0.2, 0.25) is 0 Å². The predicted molar refractivity (Wildman–Crippen MR) is 340 cm³/mol. The SMILES string of the molecule is C#CC.C=C/C=C\C(=C\CN=C(N=C(C)c1ccccc1)c1ccccc1C1=CCC(C)C(c2cc(C3=CCCC=C3)cc(-c3ccccc3)c2)=C1)c1cccc(-c2cc(-c3ccccc3)cc(-c3ccccc3)c2)c1.CC. The Morgan fingerprint density at radius 2 is 1.09 bits per heavy atom. The van der Waals surface area contributed by atoms with E-state index in [9.17, 15) is 0 Å². The van der Waals surface area contributed by atoms with Gasteiger partial charge < -0.3 is 0 Å². The minimum atomic E-state index is 0.335. The van der Waals surface area contributed by atoms with E-state index in [1.54, 1.807) is 6.92 Å². The van der Waals surface area contributed by atoms with Gasteiger partial charge in [-0.1, -0.05) is 246 Å². The molecule has 78 heavy (non-hydrogen) atoms. The summed E-state index contributed by atoms with van der Waals surface area (Å²) >= 11 is 0. The monoisotopic (exact) mass is 1010 g/mol. The molecular weight excluding hydrogens is 941 g/mol. The van der Waals surface area contributed by atoms with Gasteiger partial charge in [-0.05, 0) is 176 Å². The lowest BCUT2D eigenvalue weighted by Crippen LogP contribution is -2.09. The Kier molecular flexibility index (Phi) is 19.8. The minimum absolute atomic E-state index is 0.335. The van der Waals surface area contributed by atoms with Crippen molar-refractivity contribution in [3.05, 3.63) is 301 Å². The molecule has 0 fully saturated rings. The molecule has 0 amide bonds. The quantitative estimate of drug-likeness (QED) is 0.0449. The van der Waals surface area contributed by atoms with Crippen LogP contribution in [-0.4, -0.2) is 18.1 Å². The van der Waals surface area contributed by atoms with E-state index >= 15 is 0 Å². The first-order valence-electron chi connectivity index (χ1n) is 27.4. The summed E-state index contributed by atoms with van der Waals surface area (Å²) in [4.78, 5) is 10.8. The normalized spacial score (nSPS) is 14.4. The highest BCUT2D eigenvalue weighted by molar-refractivity contribution is 6.13. The molecule has 2 aliphatic rings. The van der Waals surface area contributed by atoms with Gasteiger partial charge in [0.25, 0.3) is 0 Å². The van der Waals surface area contributed by atoms with E-state index in [-0.39, 0.29) is 0 Å². The number of hydrogen-bond donors (Lipinski definition) is 0. The summed E-state index contributed by atoms with van der Waals surface area (Å²) in [6.45, 7) is 14.5. The van der Waals surface area contributed by atoms with Crippen LogP contribution in [0.5, 0.6) is 0 Å². The molecule has 2 heteroatoms.